The molecule has 0 atom stereocenters. The second kappa shape index (κ2) is 12.3. The van der Waals surface area contributed by atoms with Crippen LogP contribution in [0.25, 0.3) is 10.8 Å². The molecule has 2 amide bonds. The van der Waals surface area contributed by atoms with Gasteiger partial charge in [-0.3, -0.25) is 19.2 Å². The van der Waals surface area contributed by atoms with Crippen LogP contribution in [0.2, 0.25) is 0 Å². The maximum absolute atomic E-state index is 12.5. The van der Waals surface area contributed by atoms with Gasteiger partial charge < -0.3 is 10.6 Å². The van der Waals surface area contributed by atoms with Gasteiger partial charge in [-0.05, 0) is 46.9 Å². The Bertz CT molecular complexity index is 971. The van der Waals surface area contributed by atoms with E-state index in [4.69, 9.17) is 0 Å². The summed E-state index contributed by atoms with van der Waals surface area (Å²) in [5.41, 5.74) is 2.94. The molecule has 0 spiro atoms. The Morgan fingerprint density at radius 2 is 1.48 bits per heavy atom. The van der Waals surface area contributed by atoms with Crippen LogP contribution in [-0.4, -0.2) is 36.5 Å². The lowest BCUT2D eigenvalue weighted by molar-refractivity contribution is -0.126. The summed E-state index contributed by atoms with van der Waals surface area (Å²) in [6, 6.07) is 9.69. The number of hydrogen-bond acceptors (Lipinski definition) is 4. The van der Waals surface area contributed by atoms with Gasteiger partial charge in [0.15, 0.2) is 11.6 Å². The molecule has 0 saturated heterocycles. The highest BCUT2D eigenvalue weighted by atomic mass is 79.9. The molecule has 0 bridgehead atoms. The summed E-state index contributed by atoms with van der Waals surface area (Å²) in [4.78, 5) is 47.6. The summed E-state index contributed by atoms with van der Waals surface area (Å²) in [5.74, 6) is -0.935. The lowest BCUT2D eigenvalue weighted by atomic mass is 9.98. The Labute approximate surface area is 191 Å². The molecule has 0 aromatic heterocycles. The zero-order valence-electron chi connectivity index (χ0n) is 18.1. The zero-order chi connectivity index (χ0) is 22.8. The Morgan fingerprint density at radius 1 is 0.806 bits per heavy atom. The van der Waals surface area contributed by atoms with E-state index in [0.717, 1.165) is 28.9 Å². The van der Waals surface area contributed by atoms with E-state index in [9.17, 15) is 19.2 Å². The van der Waals surface area contributed by atoms with E-state index in [1.807, 2.05) is 19.1 Å². The summed E-state index contributed by atoms with van der Waals surface area (Å²) in [6.45, 7) is 3.87. The number of nitrogens with one attached hydrogen (secondary N) is 2. The van der Waals surface area contributed by atoms with Crippen molar-refractivity contribution in [1.82, 2.24) is 10.6 Å². The molecule has 31 heavy (non-hydrogen) atoms. The molecular weight excluding hydrogens is 460 g/mol. The topological polar surface area (TPSA) is 92.3 Å². The molecule has 0 fully saturated rings. The minimum absolute atomic E-state index is 0.000827. The molecule has 7 heteroatoms. The van der Waals surface area contributed by atoms with Crippen molar-refractivity contribution in [2.24, 2.45) is 0 Å². The molecule has 2 rings (SSSR count). The van der Waals surface area contributed by atoms with E-state index in [1.54, 1.807) is 6.07 Å². The van der Waals surface area contributed by atoms with Crippen molar-refractivity contribution in [2.45, 2.75) is 51.3 Å². The van der Waals surface area contributed by atoms with Crippen LogP contribution in [-0.2, 0) is 26.1 Å². The van der Waals surface area contributed by atoms with E-state index in [1.165, 1.54) is 11.1 Å². The van der Waals surface area contributed by atoms with Crippen molar-refractivity contribution >= 4 is 50.1 Å². The van der Waals surface area contributed by atoms with Gasteiger partial charge in [0.2, 0.25) is 5.91 Å². The Morgan fingerprint density at radius 3 is 2.16 bits per heavy atom. The van der Waals surface area contributed by atoms with E-state index >= 15 is 0 Å². The summed E-state index contributed by atoms with van der Waals surface area (Å²) >= 11 is 3.51. The second-order valence-electron chi connectivity index (χ2n) is 7.46. The minimum atomic E-state index is -0.340. The number of ketones is 2. The maximum Gasteiger partial charge on any atom is 0.251 e. The maximum atomic E-state index is 12.5. The molecule has 0 aliphatic carbocycles. The van der Waals surface area contributed by atoms with Crippen LogP contribution in [0.5, 0.6) is 0 Å². The van der Waals surface area contributed by atoms with Crippen molar-refractivity contribution in [3.63, 3.8) is 0 Å². The summed E-state index contributed by atoms with van der Waals surface area (Å²) < 4.78 is 0. The summed E-state index contributed by atoms with van der Waals surface area (Å²) in [6.07, 6.45) is 2.12. The fraction of sp³-hybridized carbons (Fsp3) is 0.417. The third kappa shape index (κ3) is 7.58. The molecule has 0 radical (unpaired) electrons. The molecule has 6 nitrogen and oxygen atoms in total. The van der Waals surface area contributed by atoms with Crippen molar-refractivity contribution in [3.05, 3.63) is 47.0 Å². The number of fused-ring (bicyclic) bond motifs is 1. The lowest BCUT2D eigenvalue weighted by Crippen LogP contribution is -2.32. The van der Waals surface area contributed by atoms with E-state index in [0.29, 0.717) is 12.0 Å². The van der Waals surface area contributed by atoms with Gasteiger partial charge in [-0.1, -0.05) is 48.0 Å². The smallest absolute Gasteiger partial charge is 0.251 e. The predicted octanol–water partition coefficient (Wildman–Crippen LogP) is 3.86. The van der Waals surface area contributed by atoms with Crippen LogP contribution in [0.15, 0.2) is 30.3 Å². The largest absolute Gasteiger partial charge is 0.349 e. The first-order valence-electron chi connectivity index (χ1n) is 10.6. The van der Waals surface area contributed by atoms with Crippen LogP contribution in [0.4, 0.5) is 0 Å². The molecule has 0 unspecified atom stereocenters. The first-order chi connectivity index (χ1) is 14.9. The molecule has 0 saturated carbocycles. The first-order valence-corrected chi connectivity index (χ1v) is 11.7. The lowest BCUT2D eigenvalue weighted by Gasteiger charge is -2.10. The van der Waals surface area contributed by atoms with E-state index in [2.05, 4.69) is 45.6 Å². The van der Waals surface area contributed by atoms with Gasteiger partial charge in [0.25, 0.3) is 5.91 Å². The number of amides is 2. The molecule has 0 aliphatic heterocycles. The van der Waals surface area contributed by atoms with Gasteiger partial charge in [-0.2, -0.15) is 0 Å². The number of Topliss-reactive ketones (excluding diaryl/α,β-unsaturated/α-hetero) is 2. The summed E-state index contributed by atoms with van der Waals surface area (Å²) in [7, 11) is 0. The van der Waals surface area contributed by atoms with E-state index in [-0.39, 0.29) is 49.3 Å². The Hall–Kier alpha value is -2.54. The second-order valence-corrected chi connectivity index (χ2v) is 8.02. The summed E-state index contributed by atoms with van der Waals surface area (Å²) in [5, 5.41) is 7.92. The standard InChI is InChI=1S/C24H29BrN2O4/c1-3-5-21(28)14-26-23(30)9-8-22(29)15-27-24(31)18-7-6-17-10-16(4-2)20(13-25)12-19(17)11-18/h6-7,10-12H,3-5,8-9,13-15H2,1-2H3,(H,26,30)(H,27,31). The highest BCUT2D eigenvalue weighted by Crippen LogP contribution is 2.23. The fourth-order valence-electron chi connectivity index (χ4n) is 3.26. The van der Waals surface area contributed by atoms with Crippen LogP contribution in [0, 0.1) is 0 Å². The van der Waals surface area contributed by atoms with Crippen LogP contribution in [0.1, 0.15) is 61.0 Å². The molecule has 0 aliphatic rings. The van der Waals surface area contributed by atoms with Gasteiger partial charge in [0.1, 0.15) is 0 Å². The molecule has 0 heterocycles. The molecule has 2 N–H and O–H groups in total. The van der Waals surface area contributed by atoms with Gasteiger partial charge in [-0.15, -0.1) is 0 Å². The van der Waals surface area contributed by atoms with Gasteiger partial charge in [0, 0.05) is 30.2 Å². The predicted molar refractivity (Wildman–Crippen MR) is 125 cm³/mol. The number of alkyl halides is 1. The molecule has 2 aromatic rings. The quantitative estimate of drug-likeness (QED) is 0.443. The van der Waals surface area contributed by atoms with Crippen molar-refractivity contribution in [1.29, 1.82) is 0 Å². The van der Waals surface area contributed by atoms with Crippen molar-refractivity contribution in [2.75, 3.05) is 13.1 Å². The van der Waals surface area contributed by atoms with E-state index < -0.39 is 0 Å². The molecular formula is C24H29BrN2O4. The van der Waals surface area contributed by atoms with Gasteiger partial charge in [0.05, 0.1) is 13.1 Å². The Kier molecular flexibility index (Phi) is 9.85. The molecule has 166 valence electrons. The van der Waals surface area contributed by atoms with Gasteiger partial charge >= 0.3 is 0 Å². The SMILES string of the molecule is CCCC(=O)CNC(=O)CCC(=O)CNC(=O)c1ccc2cc(CC)c(CBr)cc2c1. The highest BCUT2D eigenvalue weighted by Gasteiger charge is 2.12. The average Bonchev–Trinajstić information content (AvgIpc) is 2.78. The first kappa shape index (κ1) is 24.7. The Balaban J connectivity index is 1.86. The number of carbonyl (C=O) groups excluding carboxylic acids is 4. The third-order valence-corrected chi connectivity index (χ3v) is 5.64. The average molecular weight is 489 g/mol. The number of benzene rings is 2. The monoisotopic (exact) mass is 488 g/mol. The number of hydrogen-bond donors (Lipinski definition) is 2. The number of carbonyl (C=O) groups is 4. The van der Waals surface area contributed by atoms with Crippen LogP contribution >= 0.6 is 15.9 Å². The van der Waals surface area contributed by atoms with Crippen molar-refractivity contribution < 1.29 is 19.2 Å². The number of rotatable bonds is 12. The third-order valence-electron chi connectivity index (χ3n) is 5.03. The fourth-order valence-corrected chi connectivity index (χ4v) is 3.78. The highest BCUT2D eigenvalue weighted by molar-refractivity contribution is 9.08. The van der Waals surface area contributed by atoms with Crippen LogP contribution in [0.3, 0.4) is 0 Å². The normalized spacial score (nSPS) is 10.7. The number of halogens is 1. The van der Waals surface area contributed by atoms with Gasteiger partial charge in [-0.25, -0.2) is 0 Å². The zero-order valence-corrected chi connectivity index (χ0v) is 19.6. The minimum Gasteiger partial charge on any atom is -0.349 e. The number of aryl methyl sites for hydroxylation is 1. The molecule has 2 aromatic carbocycles. The van der Waals surface area contributed by atoms with Crippen molar-refractivity contribution in [3.8, 4) is 0 Å². The van der Waals surface area contributed by atoms with Crippen LogP contribution < -0.4 is 10.6 Å².